The van der Waals surface area contributed by atoms with Crippen molar-refractivity contribution in [1.29, 1.82) is 0 Å². The van der Waals surface area contributed by atoms with Crippen LogP contribution in [0.2, 0.25) is 0 Å². The molecule has 1 aliphatic rings. The minimum absolute atomic E-state index is 0.0936. The zero-order chi connectivity index (χ0) is 37.6. The summed E-state index contributed by atoms with van der Waals surface area (Å²) in [6.07, 6.45) is 0. The topological polar surface area (TPSA) is 3.24 Å². The highest BCUT2D eigenvalue weighted by molar-refractivity contribution is 5.93. The molecule has 0 heterocycles. The van der Waals surface area contributed by atoms with Gasteiger partial charge in [0.2, 0.25) is 0 Å². The van der Waals surface area contributed by atoms with Crippen LogP contribution in [0.5, 0.6) is 0 Å². The zero-order valence-electron chi connectivity index (χ0n) is 31.7. The monoisotopic (exact) mass is 715 g/mol. The molecule has 0 saturated carbocycles. The van der Waals surface area contributed by atoms with Crippen molar-refractivity contribution < 1.29 is 0 Å². The van der Waals surface area contributed by atoms with Crippen molar-refractivity contribution >= 4 is 27.8 Å². The molecule has 9 aromatic rings. The van der Waals surface area contributed by atoms with Gasteiger partial charge >= 0.3 is 0 Å². The summed E-state index contributed by atoms with van der Waals surface area (Å²) in [6, 6.07) is 77.6. The number of hydrogen-bond donors (Lipinski definition) is 0. The molecule has 0 N–H and O–H groups in total. The Morgan fingerprint density at radius 3 is 1.73 bits per heavy atom. The molecule has 0 spiro atoms. The SMILES string of the molecule is CC1(C)c2ccccc2-c2cccc(-c3ccc(N(c4cccc(-c5ccc6ccccc6c5)c4)c4ccccc4-c4cccc(-c5ccccc5)c4)cc3)c21. The molecule has 0 unspecified atom stereocenters. The van der Waals surface area contributed by atoms with E-state index in [0.29, 0.717) is 0 Å². The molecule has 266 valence electrons. The summed E-state index contributed by atoms with van der Waals surface area (Å²) in [5.74, 6) is 0. The first-order chi connectivity index (χ1) is 27.5. The van der Waals surface area contributed by atoms with Crippen LogP contribution in [-0.4, -0.2) is 0 Å². The molecule has 1 aliphatic carbocycles. The quantitative estimate of drug-likeness (QED) is 0.159. The highest BCUT2D eigenvalue weighted by atomic mass is 15.1. The fourth-order valence-electron chi connectivity index (χ4n) is 8.91. The van der Waals surface area contributed by atoms with Crippen LogP contribution in [0.15, 0.2) is 212 Å². The van der Waals surface area contributed by atoms with Gasteiger partial charge in [0.15, 0.2) is 0 Å². The average molecular weight is 716 g/mol. The van der Waals surface area contributed by atoms with Gasteiger partial charge in [-0.1, -0.05) is 184 Å². The molecular formula is C55H41N. The molecule has 1 nitrogen and oxygen atoms in total. The summed E-state index contributed by atoms with van der Waals surface area (Å²) in [5, 5.41) is 2.49. The molecule has 9 aromatic carbocycles. The van der Waals surface area contributed by atoms with Gasteiger partial charge in [-0.15, -0.1) is 0 Å². The maximum Gasteiger partial charge on any atom is 0.0540 e. The summed E-state index contributed by atoms with van der Waals surface area (Å²) in [5.41, 5.74) is 18.4. The Morgan fingerprint density at radius 1 is 0.321 bits per heavy atom. The molecule has 0 aromatic heterocycles. The third-order valence-corrected chi connectivity index (χ3v) is 11.6. The van der Waals surface area contributed by atoms with Gasteiger partial charge in [0.25, 0.3) is 0 Å². The summed E-state index contributed by atoms with van der Waals surface area (Å²) in [7, 11) is 0. The largest absolute Gasteiger partial charge is 0.310 e. The Labute approximate surface area is 329 Å². The predicted octanol–water partition coefficient (Wildman–Crippen LogP) is 15.3. The molecule has 0 atom stereocenters. The Morgan fingerprint density at radius 2 is 0.893 bits per heavy atom. The smallest absolute Gasteiger partial charge is 0.0540 e. The van der Waals surface area contributed by atoms with E-state index in [1.165, 1.54) is 77.5 Å². The molecule has 0 amide bonds. The van der Waals surface area contributed by atoms with E-state index < -0.39 is 0 Å². The lowest BCUT2D eigenvalue weighted by molar-refractivity contribution is 0.662. The second-order valence-electron chi connectivity index (χ2n) is 15.4. The third kappa shape index (κ3) is 5.81. The van der Waals surface area contributed by atoms with Crippen LogP contribution in [0.4, 0.5) is 17.1 Å². The summed E-state index contributed by atoms with van der Waals surface area (Å²) < 4.78 is 0. The first-order valence-corrected chi connectivity index (χ1v) is 19.5. The van der Waals surface area contributed by atoms with E-state index in [1.54, 1.807) is 0 Å². The zero-order valence-corrected chi connectivity index (χ0v) is 31.7. The number of rotatable bonds is 7. The molecule has 0 saturated heterocycles. The highest BCUT2D eigenvalue weighted by Crippen LogP contribution is 2.52. The number of benzene rings is 9. The Hall–Kier alpha value is -6.96. The van der Waals surface area contributed by atoms with Gasteiger partial charge < -0.3 is 4.90 Å². The van der Waals surface area contributed by atoms with Crippen LogP contribution in [0.1, 0.15) is 25.0 Å². The van der Waals surface area contributed by atoms with Gasteiger partial charge in [0, 0.05) is 22.4 Å². The van der Waals surface area contributed by atoms with Crippen molar-refractivity contribution in [2.24, 2.45) is 0 Å². The predicted molar refractivity (Wildman–Crippen MR) is 238 cm³/mol. The van der Waals surface area contributed by atoms with Gasteiger partial charge in [-0.25, -0.2) is 0 Å². The molecule has 0 bridgehead atoms. The van der Waals surface area contributed by atoms with Crippen LogP contribution in [0.25, 0.3) is 66.4 Å². The first-order valence-electron chi connectivity index (χ1n) is 19.5. The van der Waals surface area contributed by atoms with Crippen LogP contribution in [0, 0.1) is 0 Å². The van der Waals surface area contributed by atoms with Gasteiger partial charge in [-0.05, 0) is 114 Å². The molecule has 0 aliphatic heterocycles. The lowest BCUT2D eigenvalue weighted by Gasteiger charge is -2.29. The van der Waals surface area contributed by atoms with Crippen molar-refractivity contribution in [3.05, 3.63) is 223 Å². The standard InChI is InChI=1S/C55H41N/c1-55(2)52-27-10-8-24-50(52)51-26-14-25-49(54(51)55)40-31-33-46(34-32-40)56(47-22-13-20-43(37-47)44-30-29-39-17-6-7-18-41(39)35-44)53-28-11-9-23-48(53)45-21-12-19-42(36-45)38-15-4-3-5-16-38/h3-37H,1-2H3. The number of fused-ring (bicyclic) bond motifs is 4. The Kier molecular flexibility index (Phi) is 8.23. The molecule has 1 heteroatoms. The molecule has 10 rings (SSSR count). The van der Waals surface area contributed by atoms with Gasteiger partial charge in [0.05, 0.1) is 5.69 Å². The highest BCUT2D eigenvalue weighted by Gasteiger charge is 2.37. The molecule has 56 heavy (non-hydrogen) atoms. The van der Waals surface area contributed by atoms with E-state index in [-0.39, 0.29) is 5.41 Å². The van der Waals surface area contributed by atoms with Crippen LogP contribution in [-0.2, 0) is 5.41 Å². The summed E-state index contributed by atoms with van der Waals surface area (Å²) >= 11 is 0. The molecule has 0 fully saturated rings. The summed E-state index contributed by atoms with van der Waals surface area (Å²) in [4.78, 5) is 2.42. The normalized spacial score (nSPS) is 12.6. The van der Waals surface area contributed by atoms with E-state index in [2.05, 4.69) is 231 Å². The lowest BCUT2D eigenvalue weighted by Crippen LogP contribution is -2.16. The van der Waals surface area contributed by atoms with Crippen LogP contribution in [0.3, 0.4) is 0 Å². The van der Waals surface area contributed by atoms with E-state index in [0.717, 1.165) is 17.1 Å². The fourth-order valence-corrected chi connectivity index (χ4v) is 8.91. The minimum atomic E-state index is -0.0936. The lowest BCUT2D eigenvalue weighted by atomic mass is 9.79. The second-order valence-corrected chi connectivity index (χ2v) is 15.4. The van der Waals surface area contributed by atoms with E-state index in [1.807, 2.05) is 0 Å². The van der Waals surface area contributed by atoms with Crippen molar-refractivity contribution in [2.75, 3.05) is 4.90 Å². The van der Waals surface area contributed by atoms with E-state index >= 15 is 0 Å². The van der Waals surface area contributed by atoms with E-state index in [9.17, 15) is 0 Å². The third-order valence-electron chi connectivity index (χ3n) is 11.6. The minimum Gasteiger partial charge on any atom is -0.310 e. The molecule has 0 radical (unpaired) electrons. The number of hydrogen-bond acceptors (Lipinski definition) is 1. The van der Waals surface area contributed by atoms with Crippen molar-refractivity contribution in [2.45, 2.75) is 19.3 Å². The maximum atomic E-state index is 2.42. The van der Waals surface area contributed by atoms with Crippen molar-refractivity contribution in [3.63, 3.8) is 0 Å². The van der Waals surface area contributed by atoms with E-state index in [4.69, 9.17) is 0 Å². The maximum absolute atomic E-state index is 2.42. The first kappa shape index (κ1) is 33.6. The number of nitrogens with zero attached hydrogens (tertiary/aromatic N) is 1. The fraction of sp³-hybridized carbons (Fsp3) is 0.0545. The van der Waals surface area contributed by atoms with Gasteiger partial charge in [0.1, 0.15) is 0 Å². The van der Waals surface area contributed by atoms with Crippen molar-refractivity contribution in [1.82, 2.24) is 0 Å². The van der Waals surface area contributed by atoms with Crippen molar-refractivity contribution in [3.8, 4) is 55.6 Å². The second kappa shape index (κ2) is 13.7. The summed E-state index contributed by atoms with van der Waals surface area (Å²) in [6.45, 7) is 4.73. The molecular weight excluding hydrogens is 675 g/mol. The van der Waals surface area contributed by atoms with Crippen LogP contribution >= 0.6 is 0 Å². The number of para-hydroxylation sites is 1. The Bertz CT molecular complexity index is 2880. The average Bonchev–Trinajstić information content (AvgIpc) is 3.50. The number of anilines is 3. The van der Waals surface area contributed by atoms with Gasteiger partial charge in [-0.2, -0.15) is 0 Å². The van der Waals surface area contributed by atoms with Gasteiger partial charge in [-0.3, -0.25) is 0 Å². The Balaban J connectivity index is 1.12. The van der Waals surface area contributed by atoms with Crippen LogP contribution < -0.4 is 4.90 Å².